The highest BCUT2D eigenvalue weighted by Gasteiger charge is 2.23. The molecular weight excluding hydrogens is 112 g/mol. The van der Waals surface area contributed by atoms with Crippen molar-refractivity contribution in [3.05, 3.63) is 16.3 Å². The first-order valence-electron chi connectivity index (χ1n) is 1.76. The third-order valence-electron chi connectivity index (χ3n) is 0.559. The van der Waals surface area contributed by atoms with Crippen molar-refractivity contribution in [2.24, 2.45) is 15.4 Å². The maximum Gasteiger partial charge on any atom is 0.466 e. The molecule has 1 rings (SSSR count). The molecule has 1 heterocycles. The van der Waals surface area contributed by atoms with E-state index < -0.39 is 4.92 Å². The van der Waals surface area contributed by atoms with Crippen molar-refractivity contribution in [1.29, 1.82) is 0 Å². The number of nitrogens with zero attached hydrogens (tertiary/aromatic N) is 4. The van der Waals surface area contributed by atoms with Gasteiger partial charge in [-0.2, -0.15) is 0 Å². The zero-order valence-electron chi connectivity index (χ0n) is 3.68. The summed E-state index contributed by atoms with van der Waals surface area (Å²) in [6.07, 6.45) is 0.671. The predicted molar refractivity (Wildman–Crippen MR) is 23.6 cm³/mol. The van der Waals surface area contributed by atoms with Crippen LogP contribution in [0.4, 0.5) is 0 Å². The molecule has 0 saturated heterocycles. The van der Waals surface area contributed by atoms with Crippen molar-refractivity contribution >= 4 is 6.21 Å². The van der Waals surface area contributed by atoms with E-state index in [9.17, 15) is 10.1 Å². The Labute approximate surface area is 44.1 Å². The molecule has 0 aromatic carbocycles. The molecule has 0 amide bonds. The molecule has 0 fully saturated rings. The van der Waals surface area contributed by atoms with Gasteiger partial charge in [-0.05, 0) is 5.22 Å². The van der Waals surface area contributed by atoms with Gasteiger partial charge in [0.25, 0.3) is 0 Å². The quantitative estimate of drug-likeness (QED) is 0.359. The summed E-state index contributed by atoms with van der Waals surface area (Å²) < 4.78 is 0. The number of hydrogen-bond donors (Lipinski definition) is 0. The highest BCUT2D eigenvalue weighted by Crippen LogP contribution is 2.05. The zero-order valence-corrected chi connectivity index (χ0v) is 3.68. The molecule has 41 valence electrons. The Bertz CT molecular complexity index is 149. The largest absolute Gasteiger partial charge is 0.466 e. The smallest absolute Gasteiger partial charge is 0.261 e. The van der Waals surface area contributed by atoms with E-state index in [0.717, 1.165) is 6.21 Å². The van der Waals surface area contributed by atoms with Gasteiger partial charge in [0.15, 0.2) is 0 Å². The molecule has 0 N–H and O–H groups in total. The first-order chi connectivity index (χ1) is 3.80. The number of rotatable bonds is 1. The molecule has 6 nitrogen and oxygen atoms in total. The second-order valence-electron chi connectivity index (χ2n) is 1.05. The summed E-state index contributed by atoms with van der Waals surface area (Å²) in [6, 6.07) is 0. The van der Waals surface area contributed by atoms with Crippen LogP contribution in [0.3, 0.4) is 0 Å². The summed E-state index contributed by atoms with van der Waals surface area (Å²) >= 11 is 0. The SMILES string of the molecule is O=[N+]([O-])[C]1C=NN=N1. The van der Waals surface area contributed by atoms with Gasteiger partial charge in [0.1, 0.15) is 6.21 Å². The van der Waals surface area contributed by atoms with E-state index >= 15 is 0 Å². The topological polar surface area (TPSA) is 80.2 Å². The van der Waals surface area contributed by atoms with Crippen LogP contribution in [0.1, 0.15) is 0 Å². The van der Waals surface area contributed by atoms with Crippen molar-refractivity contribution in [3.8, 4) is 0 Å². The first-order valence-corrected chi connectivity index (χ1v) is 1.76. The fourth-order valence-electron chi connectivity index (χ4n) is 0.259. The molecule has 0 aromatic heterocycles. The van der Waals surface area contributed by atoms with Gasteiger partial charge in [-0.1, -0.05) is 5.11 Å². The number of nitro groups is 1. The van der Waals surface area contributed by atoms with E-state index in [1.165, 1.54) is 0 Å². The summed E-state index contributed by atoms with van der Waals surface area (Å²) in [5.74, 6) is 0. The van der Waals surface area contributed by atoms with Crippen molar-refractivity contribution in [2.75, 3.05) is 0 Å². The molecule has 0 atom stereocenters. The van der Waals surface area contributed by atoms with E-state index in [1.54, 1.807) is 0 Å². The standard InChI is InChI=1S/C2HN4O2/c7-6(8)2-1-3-5-4-2/h1H. The molecule has 0 spiro atoms. The van der Waals surface area contributed by atoms with E-state index in [-0.39, 0.29) is 6.17 Å². The molecule has 0 saturated carbocycles. The summed E-state index contributed by atoms with van der Waals surface area (Å²) in [6.45, 7) is 0. The fraction of sp³-hybridized carbons (Fsp3) is 0. The van der Waals surface area contributed by atoms with Crippen LogP contribution in [0, 0.1) is 16.3 Å². The van der Waals surface area contributed by atoms with Crippen molar-refractivity contribution < 1.29 is 4.92 Å². The zero-order chi connectivity index (χ0) is 5.98. The first kappa shape index (κ1) is 4.82. The summed E-state index contributed by atoms with van der Waals surface area (Å²) in [4.78, 5) is 9.07. The minimum absolute atomic E-state index is 0.315. The van der Waals surface area contributed by atoms with Crippen LogP contribution in [0.25, 0.3) is 0 Å². The summed E-state index contributed by atoms with van der Waals surface area (Å²) in [5, 5.41) is 18.9. The van der Waals surface area contributed by atoms with Crippen LogP contribution in [0.5, 0.6) is 0 Å². The van der Waals surface area contributed by atoms with E-state index in [2.05, 4.69) is 15.4 Å². The highest BCUT2D eigenvalue weighted by molar-refractivity contribution is 5.71. The molecular formula is C2HN4O2. The van der Waals surface area contributed by atoms with Gasteiger partial charge in [0.2, 0.25) is 0 Å². The van der Waals surface area contributed by atoms with Crippen molar-refractivity contribution in [3.63, 3.8) is 0 Å². The monoisotopic (exact) mass is 113 g/mol. The molecule has 1 radical (unpaired) electrons. The fourth-order valence-corrected chi connectivity index (χ4v) is 0.259. The lowest BCUT2D eigenvalue weighted by atomic mass is 10.6. The van der Waals surface area contributed by atoms with Crippen LogP contribution >= 0.6 is 0 Å². The average molecular weight is 113 g/mol. The molecule has 0 unspecified atom stereocenters. The molecule has 0 aliphatic carbocycles. The van der Waals surface area contributed by atoms with Crippen LogP contribution in [0.15, 0.2) is 15.4 Å². The van der Waals surface area contributed by atoms with E-state index in [0.29, 0.717) is 0 Å². The Hall–Kier alpha value is -1.33. The minimum Gasteiger partial charge on any atom is -0.261 e. The number of hydrogen-bond acceptors (Lipinski definition) is 5. The second-order valence-corrected chi connectivity index (χ2v) is 1.05. The van der Waals surface area contributed by atoms with E-state index in [1.807, 2.05) is 0 Å². The lowest BCUT2D eigenvalue weighted by molar-refractivity contribution is -0.450. The van der Waals surface area contributed by atoms with Gasteiger partial charge in [-0.3, -0.25) is 10.1 Å². The molecule has 1 aliphatic heterocycles. The molecule has 1 aliphatic rings. The lowest BCUT2D eigenvalue weighted by Crippen LogP contribution is -2.04. The van der Waals surface area contributed by atoms with Gasteiger partial charge >= 0.3 is 6.17 Å². The predicted octanol–water partition coefficient (Wildman–Crippen LogP) is 0.204. The lowest BCUT2D eigenvalue weighted by Gasteiger charge is -1.82. The Morgan fingerprint density at radius 3 is 2.75 bits per heavy atom. The van der Waals surface area contributed by atoms with Gasteiger partial charge in [0.05, 0.1) is 4.92 Å². The molecule has 0 bridgehead atoms. The van der Waals surface area contributed by atoms with Gasteiger partial charge in [-0.15, -0.1) is 5.10 Å². The Morgan fingerprint density at radius 1 is 1.75 bits per heavy atom. The third-order valence-corrected chi connectivity index (χ3v) is 0.559. The van der Waals surface area contributed by atoms with Crippen molar-refractivity contribution in [2.45, 2.75) is 0 Å². The minimum atomic E-state index is -0.653. The Kier molecular flexibility index (Phi) is 0.991. The van der Waals surface area contributed by atoms with Gasteiger partial charge in [0, 0.05) is 0 Å². The summed E-state index contributed by atoms with van der Waals surface area (Å²) in [5.41, 5.74) is 0. The molecule has 8 heavy (non-hydrogen) atoms. The van der Waals surface area contributed by atoms with Gasteiger partial charge in [-0.25, -0.2) is 0 Å². The second kappa shape index (κ2) is 1.65. The maximum absolute atomic E-state index is 9.73. The van der Waals surface area contributed by atoms with Crippen molar-refractivity contribution in [1.82, 2.24) is 0 Å². The van der Waals surface area contributed by atoms with Crippen LogP contribution in [-0.4, -0.2) is 11.1 Å². The Morgan fingerprint density at radius 2 is 2.50 bits per heavy atom. The normalized spacial score (nSPS) is 17.5. The molecule has 6 heteroatoms. The highest BCUT2D eigenvalue weighted by atomic mass is 16.6. The summed E-state index contributed by atoms with van der Waals surface area (Å²) in [7, 11) is 0. The third kappa shape index (κ3) is 0.673. The van der Waals surface area contributed by atoms with Crippen LogP contribution < -0.4 is 0 Å². The average Bonchev–Trinajstić information content (AvgIpc) is 2.12. The Balaban J connectivity index is 2.62. The van der Waals surface area contributed by atoms with E-state index in [4.69, 9.17) is 0 Å². The maximum atomic E-state index is 9.73. The molecule has 0 aromatic rings. The van der Waals surface area contributed by atoms with Crippen LogP contribution in [-0.2, 0) is 0 Å². The van der Waals surface area contributed by atoms with Crippen LogP contribution in [0.2, 0.25) is 0 Å². The van der Waals surface area contributed by atoms with Gasteiger partial charge < -0.3 is 0 Å².